The molecule has 5 rings (SSSR count). The average Bonchev–Trinajstić information content (AvgIpc) is 3.35. The summed E-state index contributed by atoms with van der Waals surface area (Å²) >= 11 is 1.47. The summed E-state index contributed by atoms with van der Waals surface area (Å²) in [4.78, 5) is 20.7. The summed E-state index contributed by atoms with van der Waals surface area (Å²) in [6.07, 6.45) is 0.932. The number of fused-ring (bicyclic) bond motifs is 1. The Morgan fingerprint density at radius 2 is 1.76 bits per heavy atom. The van der Waals surface area contributed by atoms with Crippen LogP contribution in [0.15, 0.2) is 77.7 Å². The van der Waals surface area contributed by atoms with Crippen molar-refractivity contribution in [3.05, 3.63) is 83.9 Å². The molecule has 4 aromatic rings. The van der Waals surface area contributed by atoms with Crippen molar-refractivity contribution in [1.29, 1.82) is 0 Å². The summed E-state index contributed by atoms with van der Waals surface area (Å²) in [5, 5.41) is 0.631. The van der Waals surface area contributed by atoms with E-state index in [0.29, 0.717) is 48.3 Å². The van der Waals surface area contributed by atoms with Crippen molar-refractivity contribution in [2.75, 3.05) is 25.1 Å². The van der Waals surface area contributed by atoms with Crippen LogP contribution < -0.4 is 9.64 Å². The topological polar surface area (TPSA) is 79.8 Å². The summed E-state index contributed by atoms with van der Waals surface area (Å²) in [5.74, 6) is 0.407. The summed E-state index contributed by atoms with van der Waals surface area (Å²) in [5.41, 5.74) is 2.80. The standard InChI is InChI=1S/C28H29N3O4S2/c1-20-8-11-24(12-9-20)37(33,34)30-16-14-22(15-17-30)27(32)31(19-21-6-4-3-5-7-21)28-29-25-18-23(35-2)10-13-26(25)36-28/h3-13,18,22H,14-17,19H2,1-2H3. The molecule has 1 aliphatic rings. The third kappa shape index (κ3) is 5.39. The zero-order valence-electron chi connectivity index (χ0n) is 20.8. The highest BCUT2D eigenvalue weighted by Gasteiger charge is 2.35. The van der Waals surface area contributed by atoms with Gasteiger partial charge in [0.15, 0.2) is 5.13 Å². The van der Waals surface area contributed by atoms with Crippen molar-refractivity contribution < 1.29 is 17.9 Å². The molecule has 0 unspecified atom stereocenters. The van der Waals surface area contributed by atoms with E-state index in [-0.39, 0.29) is 11.8 Å². The fourth-order valence-corrected chi connectivity index (χ4v) is 6.99. The number of carbonyl (C=O) groups is 1. The molecule has 37 heavy (non-hydrogen) atoms. The fourth-order valence-electron chi connectivity index (χ4n) is 4.57. The molecule has 1 aliphatic heterocycles. The van der Waals surface area contributed by atoms with E-state index in [1.807, 2.05) is 55.5 Å². The Morgan fingerprint density at radius 1 is 1.05 bits per heavy atom. The minimum Gasteiger partial charge on any atom is -0.497 e. The quantitative estimate of drug-likeness (QED) is 0.323. The maximum Gasteiger partial charge on any atom is 0.243 e. The van der Waals surface area contributed by atoms with Crippen molar-refractivity contribution in [2.24, 2.45) is 5.92 Å². The van der Waals surface area contributed by atoms with Gasteiger partial charge in [-0.3, -0.25) is 9.69 Å². The number of rotatable bonds is 7. The van der Waals surface area contributed by atoms with E-state index >= 15 is 0 Å². The Labute approximate surface area is 221 Å². The first-order valence-corrected chi connectivity index (χ1v) is 14.5. The lowest BCUT2D eigenvalue weighted by atomic mass is 9.96. The smallest absolute Gasteiger partial charge is 0.243 e. The maximum absolute atomic E-state index is 13.9. The van der Waals surface area contributed by atoms with E-state index in [0.717, 1.165) is 21.3 Å². The molecule has 0 saturated carbocycles. The van der Waals surface area contributed by atoms with Gasteiger partial charge in [0, 0.05) is 25.1 Å². The highest BCUT2D eigenvalue weighted by Crippen LogP contribution is 2.34. The number of aryl methyl sites for hydroxylation is 1. The van der Waals surface area contributed by atoms with Crippen molar-refractivity contribution in [2.45, 2.75) is 31.2 Å². The predicted molar refractivity (Wildman–Crippen MR) is 146 cm³/mol. The van der Waals surface area contributed by atoms with Crippen molar-refractivity contribution in [3.63, 3.8) is 0 Å². The molecule has 2 heterocycles. The molecule has 192 valence electrons. The highest BCUT2D eigenvalue weighted by atomic mass is 32.2. The number of ether oxygens (including phenoxy) is 1. The molecular formula is C28H29N3O4S2. The molecule has 0 aliphatic carbocycles. The van der Waals surface area contributed by atoms with E-state index in [4.69, 9.17) is 9.72 Å². The molecule has 9 heteroatoms. The van der Waals surface area contributed by atoms with Crippen molar-refractivity contribution in [3.8, 4) is 5.75 Å². The van der Waals surface area contributed by atoms with Crippen molar-refractivity contribution >= 4 is 42.6 Å². The van der Waals surface area contributed by atoms with Crippen LogP contribution in [0.4, 0.5) is 5.13 Å². The molecule has 0 radical (unpaired) electrons. The van der Waals surface area contributed by atoms with E-state index in [1.54, 1.807) is 36.3 Å². The lowest BCUT2D eigenvalue weighted by Crippen LogP contribution is -2.44. The van der Waals surface area contributed by atoms with Gasteiger partial charge in [-0.1, -0.05) is 59.4 Å². The number of sulfonamides is 1. The van der Waals surface area contributed by atoms with Crippen LogP contribution in [0.5, 0.6) is 5.75 Å². The monoisotopic (exact) mass is 535 g/mol. The molecule has 0 spiro atoms. The van der Waals surface area contributed by atoms with Gasteiger partial charge in [-0.2, -0.15) is 4.31 Å². The number of aromatic nitrogens is 1. The first kappa shape index (κ1) is 25.4. The molecule has 1 amide bonds. The third-order valence-corrected chi connectivity index (χ3v) is 9.70. The Hall–Kier alpha value is -3.27. The second-order valence-electron chi connectivity index (χ2n) is 9.23. The van der Waals surface area contributed by atoms with E-state index in [9.17, 15) is 13.2 Å². The minimum absolute atomic E-state index is 0.0257. The Balaban J connectivity index is 1.37. The van der Waals surface area contributed by atoms with Crippen molar-refractivity contribution in [1.82, 2.24) is 9.29 Å². The van der Waals surface area contributed by atoms with Crippen LogP contribution in [0.25, 0.3) is 10.2 Å². The summed E-state index contributed by atoms with van der Waals surface area (Å²) in [7, 11) is -1.97. The molecule has 1 fully saturated rings. The van der Waals surface area contributed by atoms with Gasteiger partial charge in [0.2, 0.25) is 15.9 Å². The molecule has 0 bridgehead atoms. The number of anilines is 1. The van der Waals surface area contributed by atoms with E-state index in [2.05, 4.69) is 0 Å². The van der Waals surface area contributed by atoms with Gasteiger partial charge in [-0.15, -0.1) is 0 Å². The molecular weight excluding hydrogens is 506 g/mol. The maximum atomic E-state index is 13.9. The number of hydrogen-bond acceptors (Lipinski definition) is 6. The van der Waals surface area contributed by atoms with Crippen LogP contribution in [0.3, 0.4) is 0 Å². The number of methoxy groups -OCH3 is 1. The van der Waals surface area contributed by atoms with E-state index < -0.39 is 10.0 Å². The number of amides is 1. The second kappa shape index (κ2) is 10.6. The lowest BCUT2D eigenvalue weighted by Gasteiger charge is -2.33. The Kier molecular flexibility index (Phi) is 7.28. The van der Waals surface area contributed by atoms with Crippen LogP contribution >= 0.6 is 11.3 Å². The van der Waals surface area contributed by atoms with Gasteiger partial charge < -0.3 is 4.74 Å². The molecule has 3 aromatic carbocycles. The molecule has 0 atom stereocenters. The van der Waals surface area contributed by atoms with Crippen LogP contribution in [-0.4, -0.2) is 43.8 Å². The Bertz CT molecular complexity index is 1490. The minimum atomic E-state index is -3.59. The zero-order valence-corrected chi connectivity index (χ0v) is 22.5. The van der Waals surface area contributed by atoms with Gasteiger partial charge >= 0.3 is 0 Å². The third-order valence-electron chi connectivity index (χ3n) is 6.73. The Morgan fingerprint density at radius 3 is 2.43 bits per heavy atom. The number of carbonyl (C=O) groups excluding carboxylic acids is 1. The van der Waals surface area contributed by atoms with Gasteiger partial charge in [0.1, 0.15) is 5.75 Å². The first-order chi connectivity index (χ1) is 17.8. The molecule has 0 N–H and O–H groups in total. The lowest BCUT2D eigenvalue weighted by molar-refractivity contribution is -0.123. The normalized spacial score (nSPS) is 15.1. The molecule has 7 nitrogen and oxygen atoms in total. The van der Waals surface area contributed by atoms with Crippen LogP contribution in [0.1, 0.15) is 24.0 Å². The average molecular weight is 536 g/mol. The summed E-state index contributed by atoms with van der Waals surface area (Å²) in [6, 6.07) is 22.4. The van der Waals surface area contributed by atoms with Crippen LogP contribution in [0, 0.1) is 12.8 Å². The summed E-state index contributed by atoms with van der Waals surface area (Å²) in [6.45, 7) is 2.95. The molecule has 1 saturated heterocycles. The van der Waals surface area contributed by atoms with Gasteiger partial charge in [0.05, 0.1) is 28.8 Å². The predicted octanol–water partition coefficient (Wildman–Crippen LogP) is 5.25. The molecule has 1 aromatic heterocycles. The van der Waals surface area contributed by atoms with Gasteiger partial charge in [0.25, 0.3) is 0 Å². The second-order valence-corrected chi connectivity index (χ2v) is 12.2. The van der Waals surface area contributed by atoms with Crippen LogP contribution in [-0.2, 0) is 21.4 Å². The zero-order chi connectivity index (χ0) is 26.0. The van der Waals surface area contributed by atoms with Gasteiger partial charge in [-0.05, 0) is 49.6 Å². The number of nitrogens with zero attached hydrogens (tertiary/aromatic N) is 3. The summed E-state index contributed by atoms with van der Waals surface area (Å²) < 4.78 is 34.1. The van der Waals surface area contributed by atoms with E-state index in [1.165, 1.54) is 15.6 Å². The number of benzene rings is 3. The largest absolute Gasteiger partial charge is 0.497 e. The SMILES string of the molecule is COc1ccc2sc(N(Cc3ccccc3)C(=O)C3CCN(S(=O)(=O)c4ccc(C)cc4)CC3)nc2c1. The number of hydrogen-bond donors (Lipinski definition) is 0. The fraction of sp³-hybridized carbons (Fsp3) is 0.286. The number of piperidine rings is 1. The van der Waals surface area contributed by atoms with Gasteiger partial charge in [-0.25, -0.2) is 13.4 Å². The first-order valence-electron chi connectivity index (χ1n) is 12.2. The highest BCUT2D eigenvalue weighted by molar-refractivity contribution is 7.89. The van der Waals surface area contributed by atoms with Crippen LogP contribution in [0.2, 0.25) is 0 Å². The number of thiazole rings is 1.